The Hall–Kier alpha value is -1.11. The van der Waals surface area contributed by atoms with Crippen LogP contribution in [0.1, 0.15) is 25.5 Å². The molecule has 0 bridgehead atoms. The second-order valence-corrected chi connectivity index (χ2v) is 4.88. The van der Waals surface area contributed by atoms with Crippen molar-refractivity contribution >= 4 is 28.4 Å². The Labute approximate surface area is 107 Å². The molecule has 2 aromatic rings. The highest BCUT2D eigenvalue weighted by molar-refractivity contribution is 14.1. The summed E-state index contributed by atoms with van der Waals surface area (Å²) in [5.74, 6) is 1.47. The van der Waals surface area contributed by atoms with Crippen LogP contribution >= 0.6 is 22.6 Å². The van der Waals surface area contributed by atoms with Crippen LogP contribution in [0.2, 0.25) is 0 Å². The van der Waals surface area contributed by atoms with E-state index in [2.05, 4.69) is 46.4 Å². The molecule has 2 rings (SSSR count). The number of hydrogen-bond donors (Lipinski definition) is 1. The number of rotatable bonds is 2. The Morgan fingerprint density at radius 2 is 2.12 bits per heavy atom. The van der Waals surface area contributed by atoms with Crippen LogP contribution in [0.4, 0.5) is 5.82 Å². The Balaban J connectivity index is 2.57. The van der Waals surface area contributed by atoms with Crippen LogP contribution < -0.4 is 5.73 Å². The lowest BCUT2D eigenvalue weighted by Gasteiger charge is -2.10. The molecule has 2 aromatic heterocycles. The normalized spacial score (nSPS) is 11.0. The third-order valence-corrected chi connectivity index (χ3v) is 3.33. The molecule has 84 valence electrons. The monoisotopic (exact) mass is 329 g/mol. The SMILES string of the molecule is CC(C)c1nc(-c2ccoc2)nc(N)c1I. The lowest BCUT2D eigenvalue weighted by molar-refractivity contribution is 0.568. The first-order chi connectivity index (χ1) is 7.59. The standard InChI is InChI=1S/C11H12IN3O/c1-6(2)9-8(12)10(13)15-11(14-9)7-3-4-16-5-7/h3-6H,1-2H3,(H2,13,14,15). The van der Waals surface area contributed by atoms with Crippen molar-refractivity contribution in [2.75, 3.05) is 5.73 Å². The molecule has 0 atom stereocenters. The van der Waals surface area contributed by atoms with Crippen LogP contribution in [0.3, 0.4) is 0 Å². The van der Waals surface area contributed by atoms with Crippen LogP contribution in [-0.4, -0.2) is 9.97 Å². The first-order valence-electron chi connectivity index (χ1n) is 4.95. The summed E-state index contributed by atoms with van der Waals surface area (Å²) in [5, 5.41) is 0. The Kier molecular flexibility index (Phi) is 3.13. The summed E-state index contributed by atoms with van der Waals surface area (Å²) < 4.78 is 5.95. The number of nitrogen functional groups attached to an aromatic ring is 1. The van der Waals surface area contributed by atoms with Gasteiger partial charge in [-0.25, -0.2) is 9.97 Å². The molecule has 0 aliphatic heterocycles. The zero-order chi connectivity index (χ0) is 11.7. The lowest BCUT2D eigenvalue weighted by atomic mass is 10.1. The van der Waals surface area contributed by atoms with Gasteiger partial charge in [-0.2, -0.15) is 0 Å². The van der Waals surface area contributed by atoms with E-state index >= 15 is 0 Å². The summed E-state index contributed by atoms with van der Waals surface area (Å²) in [4.78, 5) is 8.77. The third-order valence-electron chi connectivity index (χ3n) is 2.23. The van der Waals surface area contributed by atoms with Gasteiger partial charge < -0.3 is 10.2 Å². The van der Waals surface area contributed by atoms with Gasteiger partial charge in [0.25, 0.3) is 0 Å². The first kappa shape index (κ1) is 11.4. The van der Waals surface area contributed by atoms with Gasteiger partial charge >= 0.3 is 0 Å². The van der Waals surface area contributed by atoms with E-state index in [1.165, 1.54) is 0 Å². The summed E-state index contributed by atoms with van der Waals surface area (Å²) in [5.41, 5.74) is 7.70. The van der Waals surface area contributed by atoms with Crippen LogP contribution in [0.25, 0.3) is 11.4 Å². The van der Waals surface area contributed by atoms with E-state index in [0.29, 0.717) is 17.6 Å². The van der Waals surface area contributed by atoms with E-state index in [1.54, 1.807) is 12.5 Å². The van der Waals surface area contributed by atoms with Crippen molar-refractivity contribution in [2.45, 2.75) is 19.8 Å². The summed E-state index contributed by atoms with van der Waals surface area (Å²) in [7, 11) is 0. The molecule has 0 amide bonds. The van der Waals surface area contributed by atoms with Gasteiger partial charge in [0.15, 0.2) is 5.82 Å². The van der Waals surface area contributed by atoms with E-state index in [-0.39, 0.29) is 0 Å². The topological polar surface area (TPSA) is 64.9 Å². The van der Waals surface area contributed by atoms with Crippen molar-refractivity contribution in [1.82, 2.24) is 9.97 Å². The molecular weight excluding hydrogens is 317 g/mol. The fraction of sp³-hybridized carbons (Fsp3) is 0.273. The Bertz CT molecular complexity index is 494. The molecule has 5 heteroatoms. The van der Waals surface area contributed by atoms with Crippen molar-refractivity contribution < 1.29 is 4.42 Å². The molecule has 0 aromatic carbocycles. The molecule has 16 heavy (non-hydrogen) atoms. The molecule has 0 radical (unpaired) electrons. The van der Waals surface area contributed by atoms with Gasteiger partial charge in [-0.15, -0.1) is 0 Å². The average molecular weight is 329 g/mol. The third kappa shape index (κ3) is 2.04. The highest BCUT2D eigenvalue weighted by Gasteiger charge is 2.14. The van der Waals surface area contributed by atoms with E-state index < -0.39 is 0 Å². The number of nitrogens with zero attached hydrogens (tertiary/aromatic N) is 2. The smallest absolute Gasteiger partial charge is 0.165 e. The molecule has 0 aliphatic carbocycles. The van der Waals surface area contributed by atoms with Gasteiger partial charge in [-0.3, -0.25) is 0 Å². The maximum atomic E-state index is 5.88. The Morgan fingerprint density at radius 1 is 1.38 bits per heavy atom. The molecule has 2 heterocycles. The number of hydrogen-bond acceptors (Lipinski definition) is 4. The van der Waals surface area contributed by atoms with E-state index in [9.17, 15) is 0 Å². The van der Waals surface area contributed by atoms with Gasteiger partial charge in [0.05, 0.1) is 21.1 Å². The minimum atomic E-state index is 0.322. The molecule has 0 aliphatic rings. The number of halogens is 1. The number of nitrogens with two attached hydrogens (primary N) is 1. The Morgan fingerprint density at radius 3 is 2.69 bits per heavy atom. The maximum Gasteiger partial charge on any atom is 0.165 e. The molecule has 0 saturated carbocycles. The summed E-state index contributed by atoms with van der Waals surface area (Å²) in [6, 6.07) is 1.83. The van der Waals surface area contributed by atoms with Crippen LogP contribution in [0.15, 0.2) is 23.0 Å². The van der Waals surface area contributed by atoms with Gasteiger partial charge in [-0.05, 0) is 34.6 Å². The van der Waals surface area contributed by atoms with Gasteiger partial charge in [0, 0.05) is 0 Å². The lowest BCUT2D eigenvalue weighted by Crippen LogP contribution is -2.06. The highest BCUT2D eigenvalue weighted by Crippen LogP contribution is 2.26. The molecular formula is C11H12IN3O. The van der Waals surface area contributed by atoms with Crippen LogP contribution in [0.5, 0.6) is 0 Å². The number of anilines is 1. The quantitative estimate of drug-likeness (QED) is 0.860. The van der Waals surface area contributed by atoms with E-state index in [0.717, 1.165) is 14.8 Å². The predicted molar refractivity (Wildman–Crippen MR) is 71.0 cm³/mol. The number of aromatic nitrogens is 2. The number of furan rings is 1. The molecule has 2 N–H and O–H groups in total. The van der Waals surface area contributed by atoms with Gasteiger partial charge in [-0.1, -0.05) is 13.8 Å². The molecule has 4 nitrogen and oxygen atoms in total. The van der Waals surface area contributed by atoms with Gasteiger partial charge in [0.1, 0.15) is 12.1 Å². The zero-order valence-electron chi connectivity index (χ0n) is 9.07. The van der Waals surface area contributed by atoms with Crippen molar-refractivity contribution in [2.24, 2.45) is 0 Å². The van der Waals surface area contributed by atoms with Crippen LogP contribution in [0, 0.1) is 3.57 Å². The van der Waals surface area contributed by atoms with Crippen LogP contribution in [-0.2, 0) is 0 Å². The van der Waals surface area contributed by atoms with E-state index in [4.69, 9.17) is 10.2 Å². The minimum Gasteiger partial charge on any atom is -0.472 e. The highest BCUT2D eigenvalue weighted by atomic mass is 127. The maximum absolute atomic E-state index is 5.88. The fourth-order valence-electron chi connectivity index (χ4n) is 1.39. The zero-order valence-corrected chi connectivity index (χ0v) is 11.2. The molecule has 0 saturated heterocycles. The minimum absolute atomic E-state index is 0.322. The van der Waals surface area contributed by atoms with Crippen molar-refractivity contribution in [3.63, 3.8) is 0 Å². The first-order valence-corrected chi connectivity index (χ1v) is 6.03. The fourth-order valence-corrected chi connectivity index (χ4v) is 2.25. The second-order valence-electron chi connectivity index (χ2n) is 3.80. The molecule has 0 unspecified atom stereocenters. The summed E-state index contributed by atoms with van der Waals surface area (Å²) in [6.07, 6.45) is 3.22. The summed E-state index contributed by atoms with van der Waals surface area (Å²) >= 11 is 2.18. The van der Waals surface area contributed by atoms with Gasteiger partial charge in [0.2, 0.25) is 0 Å². The van der Waals surface area contributed by atoms with E-state index in [1.807, 2.05) is 6.07 Å². The van der Waals surface area contributed by atoms with Crippen molar-refractivity contribution in [3.8, 4) is 11.4 Å². The summed E-state index contributed by atoms with van der Waals surface area (Å²) in [6.45, 7) is 4.17. The van der Waals surface area contributed by atoms with Crippen molar-refractivity contribution in [3.05, 3.63) is 27.9 Å². The second kappa shape index (κ2) is 4.40. The molecule has 0 spiro atoms. The average Bonchev–Trinajstić information content (AvgIpc) is 2.74. The molecule has 0 fully saturated rings. The predicted octanol–water partition coefficient (Wildman–Crippen LogP) is 3.05. The van der Waals surface area contributed by atoms with Crippen molar-refractivity contribution in [1.29, 1.82) is 0 Å². The largest absolute Gasteiger partial charge is 0.472 e.